The highest BCUT2D eigenvalue weighted by molar-refractivity contribution is 5.74. The van der Waals surface area contributed by atoms with Crippen LogP contribution in [0.2, 0.25) is 0 Å². The van der Waals surface area contributed by atoms with Crippen molar-refractivity contribution in [3.05, 3.63) is 23.7 Å². The molecule has 1 aromatic rings. The monoisotopic (exact) mass is 335 g/mol. The molecule has 0 radical (unpaired) electrons. The van der Waals surface area contributed by atoms with Crippen molar-refractivity contribution in [1.82, 2.24) is 15.5 Å². The van der Waals surface area contributed by atoms with Gasteiger partial charge in [-0.15, -0.1) is 0 Å². The molecule has 1 aliphatic rings. The lowest BCUT2D eigenvalue weighted by Crippen LogP contribution is -2.40. The third-order valence-electron chi connectivity index (χ3n) is 4.67. The van der Waals surface area contributed by atoms with E-state index in [1.165, 1.54) is 19.5 Å². The highest BCUT2D eigenvalue weighted by Gasteiger charge is 2.21. The zero-order valence-electron chi connectivity index (χ0n) is 15.6. The Morgan fingerprint density at radius 3 is 2.62 bits per heavy atom. The van der Waals surface area contributed by atoms with Gasteiger partial charge in [-0.25, -0.2) is 4.79 Å². The van der Waals surface area contributed by atoms with Crippen LogP contribution in [-0.2, 0) is 0 Å². The number of hydrogen-bond donors (Lipinski definition) is 2. The van der Waals surface area contributed by atoms with Crippen molar-refractivity contribution in [2.75, 3.05) is 26.2 Å². The van der Waals surface area contributed by atoms with Gasteiger partial charge < -0.3 is 20.0 Å². The van der Waals surface area contributed by atoms with Crippen LogP contribution in [-0.4, -0.2) is 37.1 Å². The highest BCUT2D eigenvalue weighted by Crippen LogP contribution is 2.21. The number of nitrogens with one attached hydrogen (secondary N) is 2. The molecule has 1 aromatic heterocycles. The van der Waals surface area contributed by atoms with Crippen molar-refractivity contribution < 1.29 is 9.21 Å². The molecule has 0 saturated carbocycles. The number of carbonyl (C=O) groups is 1. The van der Waals surface area contributed by atoms with E-state index in [1.54, 1.807) is 0 Å². The Morgan fingerprint density at radius 1 is 1.29 bits per heavy atom. The lowest BCUT2D eigenvalue weighted by atomic mass is 9.92. The summed E-state index contributed by atoms with van der Waals surface area (Å²) in [5, 5.41) is 5.84. The minimum Gasteiger partial charge on any atom is -0.464 e. The predicted molar refractivity (Wildman–Crippen MR) is 97.0 cm³/mol. The Bertz CT molecular complexity index is 504. The van der Waals surface area contributed by atoms with Crippen LogP contribution in [0.4, 0.5) is 4.79 Å². The van der Waals surface area contributed by atoms with E-state index in [9.17, 15) is 4.79 Å². The average molecular weight is 335 g/mol. The maximum atomic E-state index is 11.9. The van der Waals surface area contributed by atoms with Crippen LogP contribution in [0.25, 0.3) is 0 Å². The van der Waals surface area contributed by atoms with Gasteiger partial charge in [0.15, 0.2) is 0 Å². The van der Waals surface area contributed by atoms with Crippen molar-refractivity contribution >= 4 is 6.03 Å². The summed E-state index contributed by atoms with van der Waals surface area (Å²) < 4.78 is 5.53. The fourth-order valence-electron chi connectivity index (χ4n) is 3.64. The molecule has 5 nitrogen and oxygen atoms in total. The summed E-state index contributed by atoms with van der Waals surface area (Å²) in [4.78, 5) is 14.5. The number of furan rings is 1. The van der Waals surface area contributed by atoms with E-state index >= 15 is 0 Å². The minimum absolute atomic E-state index is 0.116. The molecule has 2 rings (SSSR count). The van der Waals surface area contributed by atoms with Crippen molar-refractivity contribution in [2.45, 2.75) is 53.0 Å². The SMILES string of the molecule is Cc1ccc([C@H](C)NC(=O)NCCCCN2C[C@@H](C)C[C@H](C)C2)o1. The first-order chi connectivity index (χ1) is 11.4. The Hall–Kier alpha value is -1.49. The number of aryl methyl sites for hydroxylation is 1. The zero-order valence-corrected chi connectivity index (χ0v) is 15.6. The highest BCUT2D eigenvalue weighted by atomic mass is 16.3. The molecular weight excluding hydrogens is 302 g/mol. The lowest BCUT2D eigenvalue weighted by molar-refractivity contribution is 0.139. The summed E-state index contributed by atoms with van der Waals surface area (Å²) >= 11 is 0. The average Bonchev–Trinajstić information content (AvgIpc) is 2.92. The first-order valence-electron chi connectivity index (χ1n) is 9.27. The number of nitrogens with zero attached hydrogens (tertiary/aromatic N) is 1. The summed E-state index contributed by atoms with van der Waals surface area (Å²) in [7, 11) is 0. The van der Waals surface area contributed by atoms with Gasteiger partial charge in [-0.2, -0.15) is 0 Å². The second kappa shape index (κ2) is 9.11. The van der Waals surface area contributed by atoms with Gasteiger partial charge in [-0.3, -0.25) is 0 Å². The summed E-state index contributed by atoms with van der Waals surface area (Å²) in [6, 6.07) is 3.57. The van der Waals surface area contributed by atoms with Gasteiger partial charge in [-0.05, 0) is 63.6 Å². The number of amides is 2. The van der Waals surface area contributed by atoms with Crippen LogP contribution in [0.5, 0.6) is 0 Å². The number of rotatable bonds is 7. The van der Waals surface area contributed by atoms with Gasteiger partial charge in [0.2, 0.25) is 0 Å². The molecule has 0 aromatic carbocycles. The van der Waals surface area contributed by atoms with Gasteiger partial charge in [0.1, 0.15) is 11.5 Å². The van der Waals surface area contributed by atoms with Crippen LogP contribution >= 0.6 is 0 Å². The normalized spacial score (nSPS) is 23.0. The topological polar surface area (TPSA) is 57.5 Å². The van der Waals surface area contributed by atoms with Crippen molar-refractivity contribution in [3.8, 4) is 0 Å². The number of unbranched alkanes of at least 4 members (excludes halogenated alkanes) is 1. The molecule has 0 unspecified atom stereocenters. The van der Waals surface area contributed by atoms with E-state index in [0.717, 1.165) is 42.7 Å². The van der Waals surface area contributed by atoms with Crippen molar-refractivity contribution in [1.29, 1.82) is 0 Å². The first kappa shape index (κ1) is 18.8. The minimum atomic E-state index is -0.128. The number of carbonyl (C=O) groups excluding carboxylic acids is 1. The molecule has 0 bridgehead atoms. The molecule has 5 heteroatoms. The van der Waals surface area contributed by atoms with Gasteiger partial charge >= 0.3 is 6.03 Å². The third-order valence-corrected chi connectivity index (χ3v) is 4.67. The molecule has 136 valence electrons. The number of likely N-dealkylation sites (tertiary alicyclic amines) is 1. The van der Waals surface area contributed by atoms with Crippen LogP contribution in [0.3, 0.4) is 0 Å². The molecule has 3 atom stereocenters. The third kappa shape index (κ3) is 6.19. The molecule has 0 aliphatic carbocycles. The fraction of sp³-hybridized carbons (Fsp3) is 0.737. The van der Waals surface area contributed by atoms with E-state index in [2.05, 4.69) is 29.4 Å². The summed E-state index contributed by atoms with van der Waals surface area (Å²) in [6.07, 6.45) is 3.50. The summed E-state index contributed by atoms with van der Waals surface area (Å²) in [5.41, 5.74) is 0. The van der Waals surface area contributed by atoms with Crippen molar-refractivity contribution in [3.63, 3.8) is 0 Å². The Balaban J connectivity index is 1.56. The Kier molecular flexibility index (Phi) is 7.16. The smallest absolute Gasteiger partial charge is 0.315 e. The number of piperidine rings is 1. The quantitative estimate of drug-likeness (QED) is 0.747. The van der Waals surface area contributed by atoms with Crippen LogP contribution in [0, 0.1) is 18.8 Å². The summed E-state index contributed by atoms with van der Waals surface area (Å²) in [5.74, 6) is 3.27. The van der Waals surface area contributed by atoms with Crippen LogP contribution in [0.15, 0.2) is 16.5 Å². The molecule has 2 heterocycles. The van der Waals surface area contributed by atoms with Crippen LogP contribution in [0.1, 0.15) is 57.6 Å². The van der Waals surface area contributed by atoms with E-state index in [-0.39, 0.29) is 12.1 Å². The number of urea groups is 1. The van der Waals surface area contributed by atoms with E-state index in [0.29, 0.717) is 6.54 Å². The molecule has 1 aliphatic heterocycles. The second-order valence-electron chi connectivity index (χ2n) is 7.48. The maximum Gasteiger partial charge on any atom is 0.315 e. The molecule has 1 fully saturated rings. The van der Waals surface area contributed by atoms with Crippen molar-refractivity contribution in [2.24, 2.45) is 11.8 Å². The first-order valence-corrected chi connectivity index (χ1v) is 9.27. The largest absolute Gasteiger partial charge is 0.464 e. The predicted octanol–water partition coefficient (Wildman–Crippen LogP) is 3.71. The van der Waals surface area contributed by atoms with E-state index in [1.807, 2.05) is 26.0 Å². The van der Waals surface area contributed by atoms with Gasteiger partial charge in [0.05, 0.1) is 6.04 Å². The molecular formula is C19H33N3O2. The molecule has 0 spiro atoms. The molecule has 24 heavy (non-hydrogen) atoms. The number of hydrogen-bond acceptors (Lipinski definition) is 3. The summed E-state index contributed by atoms with van der Waals surface area (Å²) in [6.45, 7) is 12.8. The van der Waals surface area contributed by atoms with E-state index < -0.39 is 0 Å². The van der Waals surface area contributed by atoms with Gasteiger partial charge in [0, 0.05) is 19.6 Å². The Morgan fingerprint density at radius 2 is 2.00 bits per heavy atom. The van der Waals surface area contributed by atoms with Gasteiger partial charge in [0.25, 0.3) is 0 Å². The fourth-order valence-corrected chi connectivity index (χ4v) is 3.64. The maximum absolute atomic E-state index is 11.9. The van der Waals surface area contributed by atoms with Crippen LogP contribution < -0.4 is 10.6 Å². The van der Waals surface area contributed by atoms with Gasteiger partial charge in [-0.1, -0.05) is 13.8 Å². The molecule has 2 amide bonds. The standard InChI is InChI=1S/C19H33N3O2/c1-14-11-15(2)13-22(12-14)10-6-5-9-20-19(23)21-17(4)18-8-7-16(3)24-18/h7-8,14-15,17H,5-6,9-13H2,1-4H3,(H2,20,21,23)/t14-,15-,17-/m0/s1. The second-order valence-corrected chi connectivity index (χ2v) is 7.48. The van der Waals surface area contributed by atoms with E-state index in [4.69, 9.17) is 4.42 Å². The molecule has 1 saturated heterocycles. The Labute approximate surface area is 146 Å². The lowest BCUT2D eigenvalue weighted by Gasteiger charge is -2.34. The molecule has 2 N–H and O–H groups in total. The zero-order chi connectivity index (χ0) is 17.5.